The number of hydrogen-bond donors (Lipinski definition) is 0. The van der Waals surface area contributed by atoms with Crippen molar-refractivity contribution in [3.05, 3.63) is 0 Å². The molecule has 2 aliphatic rings. The first-order valence-corrected chi connectivity index (χ1v) is 4.95. The molecule has 4 nitrogen and oxygen atoms in total. The molecule has 0 aromatic heterocycles. The van der Waals surface area contributed by atoms with E-state index >= 15 is 0 Å². The van der Waals surface area contributed by atoms with Crippen molar-refractivity contribution < 1.29 is 19.1 Å². The van der Waals surface area contributed by atoms with E-state index in [2.05, 4.69) is 0 Å². The Labute approximate surface area is 82.6 Å². The molecular weight excluding hydrogens is 184 g/mol. The number of ether oxygens (including phenoxy) is 2. The van der Waals surface area contributed by atoms with E-state index in [0.717, 1.165) is 6.42 Å². The number of carbonyl (C=O) groups excluding carboxylic acids is 2. The normalized spacial score (nSPS) is 40.6. The van der Waals surface area contributed by atoms with Crippen molar-refractivity contribution in [3.63, 3.8) is 0 Å². The highest BCUT2D eigenvalue weighted by Gasteiger charge is 2.48. The van der Waals surface area contributed by atoms with Gasteiger partial charge in [-0.1, -0.05) is 6.92 Å². The van der Waals surface area contributed by atoms with Crippen molar-refractivity contribution in [1.82, 2.24) is 0 Å². The lowest BCUT2D eigenvalue weighted by atomic mass is 9.80. The van der Waals surface area contributed by atoms with Crippen LogP contribution in [0, 0.1) is 11.8 Å². The maximum atomic E-state index is 11.3. The Bertz CT molecular complexity index is 273. The van der Waals surface area contributed by atoms with Crippen LogP contribution < -0.4 is 0 Å². The average molecular weight is 198 g/mol. The van der Waals surface area contributed by atoms with E-state index in [0.29, 0.717) is 6.42 Å². The second-order valence-corrected chi connectivity index (χ2v) is 4.18. The quantitative estimate of drug-likeness (QED) is 0.587. The van der Waals surface area contributed by atoms with E-state index in [1.54, 1.807) is 0 Å². The van der Waals surface area contributed by atoms with Gasteiger partial charge < -0.3 is 9.47 Å². The van der Waals surface area contributed by atoms with Crippen molar-refractivity contribution in [2.75, 3.05) is 0 Å². The van der Waals surface area contributed by atoms with Crippen molar-refractivity contribution in [3.8, 4) is 0 Å². The molecule has 0 radical (unpaired) electrons. The molecule has 2 fully saturated rings. The van der Waals surface area contributed by atoms with Gasteiger partial charge in [0.05, 0.1) is 5.92 Å². The maximum Gasteiger partial charge on any atom is 0.309 e. The number of carbonyl (C=O) groups is 2. The van der Waals surface area contributed by atoms with Gasteiger partial charge in [0.1, 0.15) is 12.2 Å². The van der Waals surface area contributed by atoms with Crippen LogP contribution in [0.1, 0.15) is 26.7 Å². The molecule has 0 spiro atoms. The molecular formula is C10H14O4. The molecule has 2 bridgehead atoms. The molecule has 4 atom stereocenters. The zero-order valence-electron chi connectivity index (χ0n) is 8.36. The van der Waals surface area contributed by atoms with E-state index in [4.69, 9.17) is 9.47 Å². The van der Waals surface area contributed by atoms with E-state index < -0.39 is 0 Å². The Morgan fingerprint density at radius 1 is 1.50 bits per heavy atom. The first-order chi connectivity index (χ1) is 6.58. The summed E-state index contributed by atoms with van der Waals surface area (Å²) < 4.78 is 10.3. The van der Waals surface area contributed by atoms with E-state index in [1.807, 2.05) is 6.92 Å². The van der Waals surface area contributed by atoms with Crippen molar-refractivity contribution in [1.29, 1.82) is 0 Å². The monoisotopic (exact) mass is 198 g/mol. The van der Waals surface area contributed by atoms with Crippen molar-refractivity contribution >= 4 is 11.9 Å². The summed E-state index contributed by atoms with van der Waals surface area (Å²) in [5.74, 6) is -0.154. The first-order valence-electron chi connectivity index (χ1n) is 4.95. The van der Waals surface area contributed by atoms with Gasteiger partial charge in [0.2, 0.25) is 0 Å². The summed E-state index contributed by atoms with van der Waals surface area (Å²) >= 11 is 0. The Hall–Kier alpha value is -1.06. The number of esters is 2. The molecule has 1 heterocycles. The van der Waals surface area contributed by atoms with Crippen molar-refractivity contribution in [2.24, 2.45) is 11.8 Å². The molecule has 1 aliphatic heterocycles. The molecule has 4 heteroatoms. The molecule has 2 rings (SSSR count). The second kappa shape index (κ2) is 3.26. The maximum absolute atomic E-state index is 11.3. The molecule has 4 unspecified atom stereocenters. The minimum Gasteiger partial charge on any atom is -0.459 e. The molecule has 0 amide bonds. The van der Waals surface area contributed by atoms with Crippen LogP contribution in [0.4, 0.5) is 0 Å². The fraction of sp³-hybridized carbons (Fsp3) is 0.800. The summed E-state index contributed by atoms with van der Waals surface area (Å²) in [5.41, 5.74) is 0. The third-order valence-electron chi connectivity index (χ3n) is 3.08. The topological polar surface area (TPSA) is 52.6 Å². The molecule has 78 valence electrons. The molecule has 1 aliphatic carbocycles. The molecule has 1 saturated carbocycles. The predicted octanol–water partition coefficient (Wildman–Crippen LogP) is 0.890. The van der Waals surface area contributed by atoms with Crippen LogP contribution in [0.5, 0.6) is 0 Å². The number of hydrogen-bond acceptors (Lipinski definition) is 4. The Kier molecular flexibility index (Phi) is 2.21. The highest BCUT2D eigenvalue weighted by atomic mass is 16.6. The van der Waals surface area contributed by atoms with E-state index in [1.165, 1.54) is 6.92 Å². The minimum atomic E-state index is -0.302. The average Bonchev–Trinajstić information content (AvgIpc) is 2.40. The fourth-order valence-electron chi connectivity index (χ4n) is 2.34. The smallest absolute Gasteiger partial charge is 0.309 e. The lowest BCUT2D eigenvalue weighted by molar-refractivity contribution is -0.159. The molecule has 0 aromatic carbocycles. The van der Waals surface area contributed by atoms with Crippen LogP contribution in [0.25, 0.3) is 0 Å². The third-order valence-corrected chi connectivity index (χ3v) is 3.08. The molecule has 1 saturated heterocycles. The lowest BCUT2D eigenvalue weighted by Crippen LogP contribution is -2.36. The molecule has 0 N–H and O–H groups in total. The van der Waals surface area contributed by atoms with Gasteiger partial charge in [0.25, 0.3) is 0 Å². The zero-order chi connectivity index (χ0) is 10.3. The summed E-state index contributed by atoms with van der Waals surface area (Å²) in [7, 11) is 0. The summed E-state index contributed by atoms with van der Waals surface area (Å²) in [6.45, 7) is 3.39. The Morgan fingerprint density at radius 2 is 2.21 bits per heavy atom. The SMILES string of the molecule is CC(=O)OC1CC(C)C2CC1OC2=O. The highest BCUT2D eigenvalue weighted by molar-refractivity contribution is 5.75. The summed E-state index contributed by atoms with van der Waals surface area (Å²) in [6.07, 6.45) is 1.01. The van der Waals surface area contributed by atoms with Crippen LogP contribution in [0.3, 0.4) is 0 Å². The van der Waals surface area contributed by atoms with Gasteiger partial charge in [0.15, 0.2) is 0 Å². The summed E-state index contributed by atoms with van der Waals surface area (Å²) in [6, 6.07) is 0. The number of rotatable bonds is 1. The van der Waals surface area contributed by atoms with Gasteiger partial charge in [-0.2, -0.15) is 0 Å². The fourth-order valence-corrected chi connectivity index (χ4v) is 2.34. The van der Waals surface area contributed by atoms with E-state index in [-0.39, 0.29) is 36.0 Å². The van der Waals surface area contributed by atoms with Gasteiger partial charge in [-0.15, -0.1) is 0 Å². The van der Waals surface area contributed by atoms with Gasteiger partial charge in [-0.3, -0.25) is 9.59 Å². The minimum absolute atomic E-state index is 0.0202. The van der Waals surface area contributed by atoms with Crippen LogP contribution in [-0.4, -0.2) is 24.1 Å². The Morgan fingerprint density at radius 3 is 2.86 bits per heavy atom. The highest BCUT2D eigenvalue weighted by Crippen LogP contribution is 2.39. The van der Waals surface area contributed by atoms with Crippen LogP contribution in [0.2, 0.25) is 0 Å². The molecule has 0 aromatic rings. The van der Waals surface area contributed by atoms with E-state index in [9.17, 15) is 9.59 Å². The van der Waals surface area contributed by atoms with Gasteiger partial charge in [0, 0.05) is 13.3 Å². The van der Waals surface area contributed by atoms with Gasteiger partial charge in [-0.05, 0) is 12.3 Å². The summed E-state index contributed by atoms with van der Waals surface area (Å²) in [5, 5.41) is 0. The Balaban J connectivity index is 2.08. The van der Waals surface area contributed by atoms with Crippen LogP contribution in [-0.2, 0) is 19.1 Å². The summed E-state index contributed by atoms with van der Waals surface area (Å²) in [4.78, 5) is 22.1. The second-order valence-electron chi connectivity index (χ2n) is 4.18. The zero-order valence-corrected chi connectivity index (χ0v) is 8.36. The van der Waals surface area contributed by atoms with Crippen LogP contribution >= 0.6 is 0 Å². The lowest BCUT2D eigenvalue weighted by Gasteiger charge is -2.28. The van der Waals surface area contributed by atoms with Gasteiger partial charge >= 0.3 is 11.9 Å². The standard InChI is InChI=1S/C10H14O4/c1-5-3-8(13-6(2)11)9-4-7(5)10(12)14-9/h5,7-9H,3-4H2,1-2H3. The van der Waals surface area contributed by atoms with Crippen LogP contribution in [0.15, 0.2) is 0 Å². The van der Waals surface area contributed by atoms with Crippen molar-refractivity contribution in [2.45, 2.75) is 38.9 Å². The first kappa shape index (κ1) is 9.49. The predicted molar refractivity (Wildman–Crippen MR) is 47.3 cm³/mol. The largest absolute Gasteiger partial charge is 0.459 e. The molecule has 14 heavy (non-hydrogen) atoms. The number of fused-ring (bicyclic) bond motifs is 2. The third kappa shape index (κ3) is 1.49. The van der Waals surface area contributed by atoms with Gasteiger partial charge in [-0.25, -0.2) is 0 Å².